The zero-order chi connectivity index (χ0) is 16.1. The SMILES string of the molecule is CCc1nc(CN2CCOCC2CC(O)c2ccccc2)no1. The molecule has 2 heterocycles. The number of nitrogens with zero attached hydrogens (tertiary/aromatic N) is 3. The van der Waals surface area contributed by atoms with E-state index >= 15 is 0 Å². The van der Waals surface area contributed by atoms with Gasteiger partial charge in [0.05, 0.1) is 25.9 Å². The Morgan fingerprint density at radius 2 is 2.17 bits per heavy atom. The fraction of sp³-hybridized carbons (Fsp3) is 0.529. The van der Waals surface area contributed by atoms with Crippen molar-refractivity contribution in [2.75, 3.05) is 19.8 Å². The summed E-state index contributed by atoms with van der Waals surface area (Å²) in [6.45, 7) is 4.73. The molecule has 1 saturated heterocycles. The Hall–Kier alpha value is -1.76. The zero-order valence-electron chi connectivity index (χ0n) is 13.4. The van der Waals surface area contributed by atoms with E-state index in [4.69, 9.17) is 9.26 Å². The van der Waals surface area contributed by atoms with Crippen LogP contribution in [0, 0.1) is 0 Å². The quantitative estimate of drug-likeness (QED) is 0.878. The zero-order valence-corrected chi connectivity index (χ0v) is 13.4. The van der Waals surface area contributed by atoms with Crippen LogP contribution < -0.4 is 0 Å². The Labute approximate surface area is 136 Å². The third-order valence-electron chi connectivity index (χ3n) is 4.19. The number of aryl methyl sites for hydroxylation is 1. The summed E-state index contributed by atoms with van der Waals surface area (Å²) in [7, 11) is 0. The summed E-state index contributed by atoms with van der Waals surface area (Å²) in [4.78, 5) is 6.64. The molecule has 1 fully saturated rings. The topological polar surface area (TPSA) is 71.6 Å². The van der Waals surface area contributed by atoms with Gasteiger partial charge in [0.1, 0.15) is 0 Å². The van der Waals surface area contributed by atoms with Crippen molar-refractivity contribution in [1.82, 2.24) is 15.0 Å². The molecule has 23 heavy (non-hydrogen) atoms. The molecule has 1 aromatic carbocycles. The largest absolute Gasteiger partial charge is 0.388 e. The summed E-state index contributed by atoms with van der Waals surface area (Å²) in [6.07, 6.45) is 0.872. The Kier molecular flexibility index (Phi) is 5.38. The van der Waals surface area contributed by atoms with Crippen molar-refractivity contribution >= 4 is 0 Å². The molecule has 0 aliphatic carbocycles. The second kappa shape index (κ2) is 7.68. The first-order valence-electron chi connectivity index (χ1n) is 8.12. The van der Waals surface area contributed by atoms with Crippen molar-refractivity contribution in [1.29, 1.82) is 0 Å². The standard InChI is InChI=1S/C17H23N3O3/c1-2-17-18-16(19-23-17)11-20-8-9-22-12-14(20)10-15(21)13-6-4-3-5-7-13/h3-7,14-15,21H,2,8-12H2,1H3. The van der Waals surface area contributed by atoms with Gasteiger partial charge >= 0.3 is 0 Å². The summed E-state index contributed by atoms with van der Waals surface area (Å²) in [5.41, 5.74) is 0.936. The second-order valence-electron chi connectivity index (χ2n) is 5.82. The van der Waals surface area contributed by atoms with Gasteiger partial charge in [-0.1, -0.05) is 42.4 Å². The van der Waals surface area contributed by atoms with Crippen LogP contribution in [0.1, 0.15) is 36.7 Å². The number of aliphatic hydroxyl groups excluding tert-OH is 1. The number of hydrogen-bond donors (Lipinski definition) is 1. The third kappa shape index (κ3) is 4.16. The van der Waals surface area contributed by atoms with Gasteiger partial charge in [0, 0.05) is 19.0 Å². The van der Waals surface area contributed by atoms with E-state index in [1.165, 1.54) is 0 Å². The highest BCUT2D eigenvalue weighted by Gasteiger charge is 2.27. The number of ether oxygens (including phenoxy) is 1. The minimum absolute atomic E-state index is 0.141. The van der Waals surface area contributed by atoms with Gasteiger partial charge in [-0.2, -0.15) is 4.98 Å². The molecule has 1 aliphatic heterocycles. The van der Waals surface area contributed by atoms with Crippen molar-refractivity contribution in [2.24, 2.45) is 0 Å². The van der Waals surface area contributed by atoms with Crippen molar-refractivity contribution in [3.05, 3.63) is 47.6 Å². The van der Waals surface area contributed by atoms with E-state index in [0.717, 1.165) is 18.5 Å². The summed E-state index contributed by atoms with van der Waals surface area (Å²) >= 11 is 0. The first-order valence-corrected chi connectivity index (χ1v) is 8.12. The van der Waals surface area contributed by atoms with Crippen LogP contribution in [0.25, 0.3) is 0 Å². The molecule has 2 unspecified atom stereocenters. The van der Waals surface area contributed by atoms with Crippen LogP contribution in [0.3, 0.4) is 0 Å². The van der Waals surface area contributed by atoms with Gasteiger partial charge in [0.25, 0.3) is 0 Å². The van der Waals surface area contributed by atoms with Crippen molar-refractivity contribution < 1.29 is 14.4 Å². The monoisotopic (exact) mass is 317 g/mol. The van der Waals surface area contributed by atoms with Crippen LogP contribution in [-0.4, -0.2) is 45.9 Å². The van der Waals surface area contributed by atoms with Crippen LogP contribution >= 0.6 is 0 Å². The van der Waals surface area contributed by atoms with Gasteiger partial charge in [-0.05, 0) is 12.0 Å². The molecular formula is C17H23N3O3. The Morgan fingerprint density at radius 3 is 2.91 bits per heavy atom. The van der Waals surface area contributed by atoms with E-state index in [9.17, 15) is 5.11 Å². The van der Waals surface area contributed by atoms with E-state index in [-0.39, 0.29) is 6.04 Å². The molecule has 0 amide bonds. The first kappa shape index (κ1) is 16.1. The highest BCUT2D eigenvalue weighted by molar-refractivity contribution is 5.17. The molecule has 2 aromatic rings. The van der Waals surface area contributed by atoms with E-state index in [2.05, 4.69) is 15.0 Å². The molecule has 1 aliphatic rings. The van der Waals surface area contributed by atoms with Crippen LogP contribution in [-0.2, 0) is 17.7 Å². The van der Waals surface area contributed by atoms with Gasteiger partial charge in [-0.25, -0.2) is 0 Å². The smallest absolute Gasteiger partial charge is 0.226 e. The Balaban J connectivity index is 1.64. The molecule has 0 radical (unpaired) electrons. The van der Waals surface area contributed by atoms with E-state index in [1.807, 2.05) is 37.3 Å². The number of morpholine rings is 1. The summed E-state index contributed by atoms with van der Waals surface area (Å²) in [5.74, 6) is 1.36. The predicted octanol–water partition coefficient (Wildman–Crippen LogP) is 1.96. The van der Waals surface area contributed by atoms with E-state index in [0.29, 0.717) is 37.9 Å². The lowest BCUT2D eigenvalue weighted by Gasteiger charge is -2.35. The predicted molar refractivity (Wildman–Crippen MR) is 84.7 cm³/mol. The van der Waals surface area contributed by atoms with Crippen LogP contribution in [0.15, 0.2) is 34.9 Å². The number of hydrogen-bond acceptors (Lipinski definition) is 6. The van der Waals surface area contributed by atoms with Gasteiger partial charge in [0.15, 0.2) is 5.82 Å². The fourth-order valence-corrected chi connectivity index (χ4v) is 2.86. The van der Waals surface area contributed by atoms with Gasteiger partial charge in [0.2, 0.25) is 5.89 Å². The maximum absolute atomic E-state index is 10.5. The van der Waals surface area contributed by atoms with Crippen molar-refractivity contribution in [2.45, 2.75) is 38.5 Å². The Morgan fingerprint density at radius 1 is 1.35 bits per heavy atom. The van der Waals surface area contributed by atoms with Crippen LogP contribution in [0.4, 0.5) is 0 Å². The molecule has 6 nitrogen and oxygen atoms in total. The van der Waals surface area contributed by atoms with Gasteiger partial charge in [-0.15, -0.1) is 0 Å². The number of aromatic nitrogens is 2. The maximum atomic E-state index is 10.5. The lowest BCUT2D eigenvalue weighted by molar-refractivity contribution is -0.0312. The van der Waals surface area contributed by atoms with Gasteiger partial charge in [-0.3, -0.25) is 4.90 Å². The molecule has 0 spiro atoms. The van der Waals surface area contributed by atoms with Crippen molar-refractivity contribution in [3.63, 3.8) is 0 Å². The molecule has 1 N–H and O–H groups in total. The van der Waals surface area contributed by atoms with Crippen LogP contribution in [0.5, 0.6) is 0 Å². The minimum Gasteiger partial charge on any atom is -0.388 e. The maximum Gasteiger partial charge on any atom is 0.226 e. The fourth-order valence-electron chi connectivity index (χ4n) is 2.86. The lowest BCUT2D eigenvalue weighted by Crippen LogP contribution is -2.45. The highest BCUT2D eigenvalue weighted by Crippen LogP contribution is 2.23. The summed E-state index contributed by atoms with van der Waals surface area (Å²) in [5, 5.41) is 14.5. The molecular weight excluding hydrogens is 294 g/mol. The Bertz CT molecular complexity index is 602. The third-order valence-corrected chi connectivity index (χ3v) is 4.19. The van der Waals surface area contributed by atoms with Crippen molar-refractivity contribution in [3.8, 4) is 0 Å². The summed E-state index contributed by atoms with van der Waals surface area (Å²) < 4.78 is 10.8. The second-order valence-corrected chi connectivity index (χ2v) is 5.82. The minimum atomic E-state index is -0.498. The first-order chi connectivity index (χ1) is 11.3. The lowest BCUT2D eigenvalue weighted by atomic mass is 10.0. The average Bonchev–Trinajstić information content (AvgIpc) is 3.05. The number of aliphatic hydroxyl groups is 1. The molecule has 6 heteroatoms. The summed E-state index contributed by atoms with van der Waals surface area (Å²) in [6, 6.07) is 9.88. The molecule has 0 saturated carbocycles. The van der Waals surface area contributed by atoms with E-state index in [1.54, 1.807) is 0 Å². The van der Waals surface area contributed by atoms with Crippen LogP contribution in [0.2, 0.25) is 0 Å². The highest BCUT2D eigenvalue weighted by atomic mass is 16.5. The van der Waals surface area contributed by atoms with E-state index < -0.39 is 6.10 Å². The normalized spacial score (nSPS) is 20.5. The molecule has 0 bridgehead atoms. The molecule has 2 atom stereocenters. The molecule has 3 rings (SSSR count). The molecule has 124 valence electrons. The van der Waals surface area contributed by atoms with Gasteiger partial charge < -0.3 is 14.4 Å². The number of benzene rings is 1. The molecule has 1 aromatic heterocycles. The average molecular weight is 317 g/mol. The number of rotatable bonds is 6.